The molecule has 3 aliphatic rings. The van der Waals surface area contributed by atoms with Gasteiger partial charge in [-0.3, -0.25) is 14.4 Å². The Morgan fingerprint density at radius 2 is 2.07 bits per heavy atom. The number of hydrogen-bond donors (Lipinski definition) is 1. The predicted octanol–water partition coefficient (Wildman–Crippen LogP) is 0.889. The molecule has 3 heterocycles. The molecule has 0 spiro atoms. The van der Waals surface area contributed by atoms with Crippen LogP contribution >= 0.6 is 11.8 Å². The van der Waals surface area contributed by atoms with Gasteiger partial charge in [0.25, 0.3) is 5.56 Å². The number of rotatable bonds is 5. The highest BCUT2D eigenvalue weighted by atomic mass is 32.2. The third kappa shape index (κ3) is 3.44. The summed E-state index contributed by atoms with van der Waals surface area (Å²) in [4.78, 5) is 39.9. The maximum Gasteiger partial charge on any atom is 0.292 e. The lowest BCUT2D eigenvalue weighted by molar-refractivity contribution is -0.122. The molecule has 1 aromatic heterocycles. The van der Waals surface area contributed by atoms with E-state index in [1.165, 1.54) is 11.8 Å². The van der Waals surface area contributed by atoms with Crippen LogP contribution in [0.5, 0.6) is 11.5 Å². The van der Waals surface area contributed by atoms with Crippen LogP contribution in [0, 0.1) is 0 Å². The summed E-state index contributed by atoms with van der Waals surface area (Å²) in [5.74, 6) is 1.23. The standard InChI is InChI=1S/C19H18N4O5S/c24-16(20-6-11-1-4-13-14(5-11)28-10-27-13)8-22-19(26)18-15(7-21-22)29-9-17(25)23(18)12-2-3-12/h1,4-5,7,12H,2-3,6,8-10H2,(H,20,24). The summed E-state index contributed by atoms with van der Waals surface area (Å²) >= 11 is 1.32. The Kier molecular flexibility index (Phi) is 4.42. The molecule has 0 bridgehead atoms. The fourth-order valence-corrected chi connectivity index (χ4v) is 4.26. The van der Waals surface area contributed by atoms with Crippen molar-refractivity contribution in [3.63, 3.8) is 0 Å². The van der Waals surface area contributed by atoms with Gasteiger partial charge in [0.15, 0.2) is 11.5 Å². The highest BCUT2D eigenvalue weighted by Crippen LogP contribution is 2.39. The van der Waals surface area contributed by atoms with Gasteiger partial charge in [0.1, 0.15) is 12.2 Å². The van der Waals surface area contributed by atoms with E-state index in [0.29, 0.717) is 27.8 Å². The van der Waals surface area contributed by atoms with Gasteiger partial charge in [0.05, 0.1) is 16.8 Å². The van der Waals surface area contributed by atoms with Gasteiger partial charge in [-0.05, 0) is 30.5 Å². The van der Waals surface area contributed by atoms with Crippen molar-refractivity contribution >= 4 is 29.3 Å². The Morgan fingerprint density at radius 1 is 1.24 bits per heavy atom. The Bertz CT molecular complexity index is 1070. The number of fused-ring (bicyclic) bond motifs is 2. The second kappa shape index (κ2) is 7.11. The van der Waals surface area contributed by atoms with Gasteiger partial charge in [0.2, 0.25) is 18.6 Å². The zero-order valence-electron chi connectivity index (χ0n) is 15.4. The number of hydrogen-bond acceptors (Lipinski definition) is 7. The second-order valence-electron chi connectivity index (χ2n) is 7.07. The number of carbonyl (C=O) groups is 2. The van der Waals surface area contributed by atoms with Crippen molar-refractivity contribution in [2.75, 3.05) is 17.4 Å². The Labute approximate surface area is 170 Å². The third-order valence-electron chi connectivity index (χ3n) is 4.98. The van der Waals surface area contributed by atoms with E-state index < -0.39 is 5.56 Å². The molecule has 0 unspecified atom stereocenters. The molecular formula is C19H18N4O5S. The Balaban J connectivity index is 1.30. The first-order valence-corrected chi connectivity index (χ1v) is 10.3. The molecule has 2 aliphatic heterocycles. The first kappa shape index (κ1) is 18.0. The van der Waals surface area contributed by atoms with Gasteiger partial charge >= 0.3 is 0 Å². The van der Waals surface area contributed by atoms with Gasteiger partial charge in [-0.25, -0.2) is 4.68 Å². The Morgan fingerprint density at radius 3 is 2.90 bits per heavy atom. The zero-order valence-corrected chi connectivity index (χ0v) is 16.2. The smallest absolute Gasteiger partial charge is 0.292 e. The number of aromatic nitrogens is 2. The van der Waals surface area contributed by atoms with E-state index in [2.05, 4.69) is 10.4 Å². The number of thioether (sulfide) groups is 1. The van der Waals surface area contributed by atoms with Crippen molar-refractivity contribution in [1.29, 1.82) is 0 Å². The minimum Gasteiger partial charge on any atom is -0.454 e. The monoisotopic (exact) mass is 414 g/mol. The summed E-state index contributed by atoms with van der Waals surface area (Å²) in [6.45, 7) is 0.266. The molecule has 1 fully saturated rings. The molecule has 0 saturated heterocycles. The minimum atomic E-state index is -0.409. The molecule has 1 aliphatic carbocycles. The summed E-state index contributed by atoms with van der Waals surface area (Å²) in [5.41, 5.74) is 0.802. The number of benzene rings is 1. The summed E-state index contributed by atoms with van der Waals surface area (Å²) in [7, 11) is 0. The molecule has 2 aromatic rings. The van der Waals surface area contributed by atoms with Crippen molar-refractivity contribution in [2.45, 2.75) is 36.9 Å². The van der Waals surface area contributed by atoms with Crippen molar-refractivity contribution < 1.29 is 19.1 Å². The van der Waals surface area contributed by atoms with Crippen LogP contribution in [0.15, 0.2) is 34.1 Å². The predicted molar refractivity (Wildman–Crippen MR) is 104 cm³/mol. The van der Waals surface area contributed by atoms with Gasteiger partial charge in [-0.15, -0.1) is 11.8 Å². The van der Waals surface area contributed by atoms with E-state index in [1.807, 2.05) is 12.1 Å². The normalized spacial score (nSPS) is 17.2. The molecule has 5 rings (SSSR count). The molecular weight excluding hydrogens is 396 g/mol. The van der Waals surface area contributed by atoms with Crippen LogP contribution in [0.25, 0.3) is 0 Å². The van der Waals surface area contributed by atoms with Crippen LogP contribution in [0.2, 0.25) is 0 Å². The van der Waals surface area contributed by atoms with Crippen LogP contribution in [-0.2, 0) is 22.7 Å². The summed E-state index contributed by atoms with van der Waals surface area (Å²) in [6.07, 6.45) is 3.36. The maximum atomic E-state index is 12.9. The fourth-order valence-electron chi connectivity index (χ4n) is 3.40. The van der Waals surface area contributed by atoms with Crippen LogP contribution in [0.1, 0.15) is 18.4 Å². The molecule has 2 amide bonds. The fraction of sp³-hybridized carbons (Fsp3) is 0.368. The summed E-state index contributed by atoms with van der Waals surface area (Å²) in [5, 5.41) is 6.90. The molecule has 0 atom stereocenters. The van der Waals surface area contributed by atoms with Crippen molar-refractivity contribution in [3.8, 4) is 11.5 Å². The maximum absolute atomic E-state index is 12.9. The van der Waals surface area contributed by atoms with E-state index in [4.69, 9.17) is 9.47 Å². The molecule has 29 heavy (non-hydrogen) atoms. The lowest BCUT2D eigenvalue weighted by Gasteiger charge is -2.28. The van der Waals surface area contributed by atoms with E-state index in [0.717, 1.165) is 23.1 Å². The number of ether oxygens (including phenoxy) is 2. The molecule has 1 aromatic carbocycles. The van der Waals surface area contributed by atoms with Crippen LogP contribution in [0.4, 0.5) is 5.69 Å². The van der Waals surface area contributed by atoms with E-state index >= 15 is 0 Å². The SMILES string of the molecule is O=C(Cn1ncc2c(c1=O)N(C1CC1)C(=O)CS2)NCc1ccc2c(c1)OCO2. The minimum absolute atomic E-state index is 0.0629. The lowest BCUT2D eigenvalue weighted by Crippen LogP contribution is -2.43. The van der Waals surface area contributed by atoms with Crippen molar-refractivity contribution in [3.05, 3.63) is 40.3 Å². The number of nitrogens with zero attached hydrogens (tertiary/aromatic N) is 3. The van der Waals surface area contributed by atoms with Gasteiger partial charge in [0, 0.05) is 12.6 Å². The van der Waals surface area contributed by atoms with Crippen LogP contribution in [-0.4, -0.2) is 40.2 Å². The second-order valence-corrected chi connectivity index (χ2v) is 8.09. The quantitative estimate of drug-likeness (QED) is 0.775. The molecule has 150 valence electrons. The summed E-state index contributed by atoms with van der Waals surface area (Å²) in [6, 6.07) is 5.53. The van der Waals surface area contributed by atoms with Crippen molar-refractivity contribution in [1.82, 2.24) is 15.1 Å². The van der Waals surface area contributed by atoms with Crippen LogP contribution < -0.4 is 25.2 Å². The third-order valence-corrected chi connectivity index (χ3v) is 5.98. The largest absolute Gasteiger partial charge is 0.454 e. The molecule has 0 radical (unpaired) electrons. The molecule has 1 N–H and O–H groups in total. The molecule has 10 heteroatoms. The Hall–Kier alpha value is -3.01. The number of amides is 2. The van der Waals surface area contributed by atoms with E-state index in [1.54, 1.807) is 17.2 Å². The number of nitrogens with one attached hydrogen (secondary N) is 1. The number of anilines is 1. The average Bonchev–Trinajstić information content (AvgIpc) is 3.45. The average molecular weight is 414 g/mol. The summed E-state index contributed by atoms with van der Waals surface area (Å²) < 4.78 is 11.7. The number of carbonyl (C=O) groups excluding carboxylic acids is 2. The highest BCUT2D eigenvalue weighted by Gasteiger charge is 2.39. The van der Waals surface area contributed by atoms with Gasteiger partial charge in [-0.2, -0.15) is 5.10 Å². The first-order chi connectivity index (χ1) is 14.1. The topological polar surface area (TPSA) is 103 Å². The van der Waals surface area contributed by atoms with Crippen LogP contribution in [0.3, 0.4) is 0 Å². The van der Waals surface area contributed by atoms with Gasteiger partial charge in [-0.1, -0.05) is 6.07 Å². The highest BCUT2D eigenvalue weighted by molar-refractivity contribution is 8.00. The van der Waals surface area contributed by atoms with Crippen molar-refractivity contribution in [2.24, 2.45) is 0 Å². The van der Waals surface area contributed by atoms with Gasteiger partial charge < -0.3 is 19.7 Å². The molecule has 9 nitrogen and oxygen atoms in total. The lowest BCUT2D eigenvalue weighted by atomic mass is 10.2. The van der Waals surface area contributed by atoms with E-state index in [9.17, 15) is 14.4 Å². The zero-order chi connectivity index (χ0) is 20.0. The first-order valence-electron chi connectivity index (χ1n) is 9.30. The van der Waals surface area contributed by atoms with E-state index in [-0.39, 0.29) is 37.7 Å². The molecule has 1 saturated carbocycles.